The molecule has 210 valence electrons. The van der Waals surface area contributed by atoms with Gasteiger partial charge in [0, 0.05) is 49.9 Å². The van der Waals surface area contributed by atoms with Gasteiger partial charge in [-0.2, -0.15) is 4.31 Å². The van der Waals surface area contributed by atoms with Gasteiger partial charge in [0.2, 0.25) is 15.8 Å². The van der Waals surface area contributed by atoms with E-state index in [0.29, 0.717) is 66.4 Å². The molecule has 1 N–H and O–H groups in total. The van der Waals surface area contributed by atoms with Gasteiger partial charge in [0.05, 0.1) is 29.1 Å². The molecular formula is C26H25BrFN5O5S2. The summed E-state index contributed by atoms with van der Waals surface area (Å²) in [5.74, 6) is -0.845. The number of halogens is 2. The molecule has 0 amide bonds. The smallest absolute Gasteiger partial charge is 0.300 e. The number of anilines is 1. The first-order chi connectivity index (χ1) is 19.2. The summed E-state index contributed by atoms with van der Waals surface area (Å²) in [6, 6.07) is 6.25. The van der Waals surface area contributed by atoms with Crippen LogP contribution >= 0.6 is 27.3 Å². The van der Waals surface area contributed by atoms with Crippen molar-refractivity contribution in [2.75, 3.05) is 43.5 Å². The third-order valence-corrected chi connectivity index (χ3v) is 10.5. The number of morpholine rings is 1. The van der Waals surface area contributed by atoms with Crippen LogP contribution in [0.4, 0.5) is 10.1 Å². The highest BCUT2D eigenvalue weighted by molar-refractivity contribution is 9.10. The van der Waals surface area contributed by atoms with E-state index in [0.717, 1.165) is 16.1 Å². The molecule has 0 radical (unpaired) electrons. The topological polar surface area (TPSA) is 117 Å². The number of aromatic nitrogens is 3. The fourth-order valence-electron chi connectivity index (χ4n) is 4.98. The molecule has 0 saturated carbocycles. The van der Waals surface area contributed by atoms with Gasteiger partial charge in [-0.25, -0.2) is 22.8 Å². The lowest BCUT2D eigenvalue weighted by Crippen LogP contribution is -2.36. The Kier molecular flexibility index (Phi) is 7.38. The van der Waals surface area contributed by atoms with Gasteiger partial charge in [0.25, 0.3) is 0 Å². The lowest BCUT2D eigenvalue weighted by Gasteiger charge is -2.29. The highest BCUT2D eigenvalue weighted by atomic mass is 79.9. The zero-order valence-corrected chi connectivity index (χ0v) is 24.4. The molecule has 2 aliphatic heterocycles. The van der Waals surface area contributed by atoms with E-state index in [1.54, 1.807) is 18.5 Å². The maximum absolute atomic E-state index is 14.1. The largest absolute Gasteiger partial charge is 0.501 e. The second-order valence-electron chi connectivity index (χ2n) is 9.68. The Bertz CT molecular complexity index is 1770. The van der Waals surface area contributed by atoms with Gasteiger partial charge in [-0.3, -0.25) is 9.20 Å². The number of nitrogens with zero attached hydrogens (tertiary/aromatic N) is 5. The molecule has 3 aromatic heterocycles. The van der Waals surface area contributed by atoms with Crippen molar-refractivity contribution in [2.24, 2.45) is 0 Å². The van der Waals surface area contributed by atoms with Crippen LogP contribution in [-0.4, -0.2) is 70.8 Å². The number of aromatic hydroxyl groups is 1. The van der Waals surface area contributed by atoms with Gasteiger partial charge in [-0.05, 0) is 51.7 Å². The number of fused-ring (bicyclic) bond motifs is 1. The van der Waals surface area contributed by atoms with E-state index < -0.39 is 27.1 Å². The van der Waals surface area contributed by atoms with Gasteiger partial charge in [-0.15, -0.1) is 11.3 Å². The molecule has 5 heterocycles. The molecule has 4 aromatic rings. The summed E-state index contributed by atoms with van der Waals surface area (Å²) in [5, 5.41) is 11.2. The van der Waals surface area contributed by atoms with Crippen molar-refractivity contribution < 1.29 is 22.7 Å². The van der Waals surface area contributed by atoms with E-state index in [-0.39, 0.29) is 18.0 Å². The van der Waals surface area contributed by atoms with Gasteiger partial charge >= 0.3 is 5.56 Å². The van der Waals surface area contributed by atoms with Crippen molar-refractivity contribution >= 4 is 48.6 Å². The van der Waals surface area contributed by atoms with Crippen molar-refractivity contribution in [3.63, 3.8) is 0 Å². The van der Waals surface area contributed by atoms with Crippen molar-refractivity contribution in [2.45, 2.75) is 19.4 Å². The Hall–Kier alpha value is -2.91. The second-order valence-corrected chi connectivity index (χ2v) is 13.7. The third-order valence-electron chi connectivity index (χ3n) is 7.06. The van der Waals surface area contributed by atoms with Crippen molar-refractivity contribution in [3.8, 4) is 16.5 Å². The average Bonchev–Trinajstić information content (AvgIpc) is 3.53. The van der Waals surface area contributed by atoms with Crippen LogP contribution in [0.15, 0.2) is 45.9 Å². The summed E-state index contributed by atoms with van der Waals surface area (Å²) in [5.41, 5.74) is 1.98. The molecule has 0 aliphatic carbocycles. The summed E-state index contributed by atoms with van der Waals surface area (Å²) in [6.07, 6.45) is 4.21. The van der Waals surface area contributed by atoms with E-state index in [4.69, 9.17) is 4.74 Å². The normalized spacial score (nSPS) is 17.6. The zero-order chi connectivity index (χ0) is 28.0. The van der Waals surface area contributed by atoms with Crippen LogP contribution in [0, 0.1) is 5.82 Å². The van der Waals surface area contributed by atoms with Gasteiger partial charge in [0.15, 0.2) is 5.65 Å². The highest BCUT2D eigenvalue weighted by Gasteiger charge is 2.29. The third kappa shape index (κ3) is 5.26. The van der Waals surface area contributed by atoms with E-state index in [2.05, 4.69) is 30.8 Å². The van der Waals surface area contributed by atoms with Crippen LogP contribution in [0.5, 0.6) is 5.75 Å². The molecule has 14 heteroatoms. The number of rotatable bonds is 6. The summed E-state index contributed by atoms with van der Waals surface area (Å²) in [4.78, 5) is 25.1. The number of pyridine rings is 1. The number of benzene rings is 1. The van der Waals surface area contributed by atoms with Crippen LogP contribution in [0.25, 0.3) is 16.3 Å². The number of sulfonamides is 1. The van der Waals surface area contributed by atoms with Crippen LogP contribution in [-0.2, 0) is 27.7 Å². The van der Waals surface area contributed by atoms with E-state index in [9.17, 15) is 22.7 Å². The molecule has 1 aromatic carbocycles. The van der Waals surface area contributed by atoms with Crippen LogP contribution < -0.4 is 10.5 Å². The van der Waals surface area contributed by atoms with Crippen LogP contribution in [0.3, 0.4) is 0 Å². The van der Waals surface area contributed by atoms with Crippen molar-refractivity contribution in [1.29, 1.82) is 0 Å². The van der Waals surface area contributed by atoms with Crippen molar-refractivity contribution in [1.82, 2.24) is 18.7 Å². The number of hydrogen-bond acceptors (Lipinski definition) is 9. The average molecular weight is 651 g/mol. The predicted molar refractivity (Wildman–Crippen MR) is 153 cm³/mol. The molecule has 2 fully saturated rings. The first kappa shape index (κ1) is 27.3. The Balaban J connectivity index is 1.31. The van der Waals surface area contributed by atoms with Gasteiger partial charge in [0.1, 0.15) is 16.5 Å². The maximum atomic E-state index is 14.1. The molecule has 10 nitrogen and oxygen atoms in total. The Morgan fingerprint density at radius 2 is 1.95 bits per heavy atom. The van der Waals surface area contributed by atoms with Crippen LogP contribution in [0.2, 0.25) is 0 Å². The minimum absolute atomic E-state index is 0.0727. The second kappa shape index (κ2) is 10.8. The van der Waals surface area contributed by atoms with Crippen molar-refractivity contribution in [3.05, 3.63) is 73.3 Å². The summed E-state index contributed by atoms with van der Waals surface area (Å²) in [6.45, 7) is 3.08. The summed E-state index contributed by atoms with van der Waals surface area (Å²) in [7, 11) is -3.34. The van der Waals surface area contributed by atoms with E-state index in [1.807, 2.05) is 6.07 Å². The zero-order valence-electron chi connectivity index (χ0n) is 21.2. The Morgan fingerprint density at radius 3 is 2.70 bits per heavy atom. The lowest BCUT2D eigenvalue weighted by molar-refractivity contribution is 0.122. The highest BCUT2D eigenvalue weighted by Crippen LogP contribution is 2.33. The SMILES string of the molecule is O=c1c(O)c(-c2ncc(Cc3ccc(F)cc3CN3CCCS3(=O)=O)s2)nc2c(Br)cc(N3CCOCC3)cn12. The predicted octanol–water partition coefficient (Wildman–Crippen LogP) is 3.39. The molecule has 0 bridgehead atoms. The van der Waals surface area contributed by atoms with Gasteiger partial charge in [-0.1, -0.05) is 6.07 Å². The summed E-state index contributed by atoms with van der Waals surface area (Å²) >= 11 is 4.79. The molecule has 6 rings (SSSR count). The van der Waals surface area contributed by atoms with E-state index in [1.165, 1.54) is 32.2 Å². The monoisotopic (exact) mass is 649 g/mol. The fourth-order valence-corrected chi connectivity index (χ4v) is 7.91. The minimum Gasteiger partial charge on any atom is -0.501 e. The number of ether oxygens (including phenoxy) is 1. The van der Waals surface area contributed by atoms with Gasteiger partial charge < -0.3 is 14.7 Å². The maximum Gasteiger partial charge on any atom is 0.300 e. The number of hydrogen-bond donors (Lipinski definition) is 1. The van der Waals surface area contributed by atoms with E-state index >= 15 is 0 Å². The molecular weight excluding hydrogens is 625 g/mol. The first-order valence-electron chi connectivity index (χ1n) is 12.7. The Morgan fingerprint density at radius 1 is 1.15 bits per heavy atom. The molecule has 2 saturated heterocycles. The minimum atomic E-state index is -3.34. The Labute approximate surface area is 241 Å². The summed E-state index contributed by atoms with van der Waals surface area (Å²) < 4.78 is 47.4. The standard InChI is InChI=1S/C26H25BrFN5O5S2/c27-21-12-19(31-5-7-38-8-6-31)15-33-24(21)30-22(23(34)26(33)35)25-29-13-20(39-25)11-16-2-3-18(28)10-17(16)14-32-4-1-9-40(32,36)37/h2-3,10,12-13,15,34H,1,4-9,11,14H2. The van der Waals surface area contributed by atoms with Crippen LogP contribution in [0.1, 0.15) is 22.4 Å². The molecule has 0 unspecified atom stereocenters. The lowest BCUT2D eigenvalue weighted by atomic mass is 10.0. The molecule has 0 atom stereocenters. The molecule has 40 heavy (non-hydrogen) atoms. The number of thiazole rings is 1. The molecule has 0 spiro atoms. The first-order valence-corrected chi connectivity index (χ1v) is 15.9. The fraction of sp³-hybridized carbons (Fsp3) is 0.346. The quantitative estimate of drug-likeness (QED) is 0.338. The molecule has 2 aliphatic rings.